The summed E-state index contributed by atoms with van der Waals surface area (Å²) in [6, 6.07) is 6.16. The molecule has 1 aliphatic rings. The van der Waals surface area contributed by atoms with E-state index >= 15 is 0 Å². The molecule has 3 amide bonds. The summed E-state index contributed by atoms with van der Waals surface area (Å²) >= 11 is 0. The zero-order valence-electron chi connectivity index (χ0n) is 9.97. The van der Waals surface area contributed by atoms with Gasteiger partial charge in [-0.1, -0.05) is 17.2 Å². The fourth-order valence-corrected chi connectivity index (χ4v) is 1.60. The van der Waals surface area contributed by atoms with Gasteiger partial charge >= 0.3 is 6.09 Å². The lowest BCUT2D eigenvalue weighted by molar-refractivity contribution is -0.0454. The molecule has 1 aromatic rings. The highest BCUT2D eigenvalue weighted by Crippen LogP contribution is 2.22. The number of carbonyl (C=O) groups excluding carboxylic acids is 3. The molecule has 0 aromatic heterocycles. The summed E-state index contributed by atoms with van der Waals surface area (Å²) in [7, 11) is 0. The molecule has 0 saturated carbocycles. The fraction of sp³-hybridized carbons (Fsp3) is 0.250. The van der Waals surface area contributed by atoms with Gasteiger partial charge in [-0.25, -0.2) is 4.79 Å². The van der Waals surface area contributed by atoms with Crippen molar-refractivity contribution in [2.75, 3.05) is 0 Å². The van der Waals surface area contributed by atoms with Crippen LogP contribution in [0.3, 0.4) is 0 Å². The van der Waals surface area contributed by atoms with Crippen LogP contribution in [0, 0.1) is 0 Å². The third-order valence-corrected chi connectivity index (χ3v) is 2.34. The molecule has 1 aliphatic heterocycles. The lowest BCUT2D eigenvalue weighted by atomic mass is 10.1. The predicted octanol–water partition coefficient (Wildman–Crippen LogP) is 1.33. The van der Waals surface area contributed by atoms with Crippen molar-refractivity contribution in [3.05, 3.63) is 35.4 Å². The summed E-state index contributed by atoms with van der Waals surface area (Å²) < 4.78 is 0. The van der Waals surface area contributed by atoms with E-state index in [1.165, 1.54) is 12.1 Å². The molecule has 18 heavy (non-hydrogen) atoms. The molecule has 0 aliphatic carbocycles. The number of amides is 3. The average molecular weight is 248 g/mol. The maximum atomic E-state index is 11.8. The van der Waals surface area contributed by atoms with Gasteiger partial charge < -0.3 is 10.2 Å². The van der Waals surface area contributed by atoms with Gasteiger partial charge in [-0.2, -0.15) is 0 Å². The number of nitrogens with one attached hydrogen (secondary N) is 1. The number of imide groups is 1. The fourth-order valence-electron chi connectivity index (χ4n) is 1.60. The Morgan fingerprint density at radius 2 is 1.67 bits per heavy atom. The van der Waals surface area contributed by atoms with Crippen LogP contribution in [0.25, 0.3) is 0 Å². The van der Waals surface area contributed by atoms with Gasteiger partial charge in [0.1, 0.15) is 0 Å². The minimum absolute atomic E-state index is 0.146. The van der Waals surface area contributed by atoms with Gasteiger partial charge in [0.2, 0.25) is 0 Å². The van der Waals surface area contributed by atoms with Crippen LogP contribution in [0.1, 0.15) is 34.6 Å². The van der Waals surface area contributed by atoms with Gasteiger partial charge in [0.05, 0.1) is 11.1 Å². The lowest BCUT2D eigenvalue weighted by Gasteiger charge is -2.14. The molecule has 0 spiro atoms. The molecule has 94 valence electrons. The smallest absolute Gasteiger partial charge is 0.317 e. The third-order valence-electron chi connectivity index (χ3n) is 2.34. The number of hydrogen-bond donors (Lipinski definition) is 1. The third kappa shape index (κ3) is 2.04. The number of fused-ring (bicyclic) bond motifs is 1. The summed E-state index contributed by atoms with van der Waals surface area (Å²) in [5.41, 5.74) is 0.472. The number of hydroxylamine groups is 2. The quantitative estimate of drug-likeness (QED) is 0.801. The van der Waals surface area contributed by atoms with Crippen molar-refractivity contribution in [3.63, 3.8) is 0 Å². The second kappa shape index (κ2) is 4.48. The molecule has 1 N–H and O–H groups in total. The molecular weight excluding hydrogens is 236 g/mol. The Balaban J connectivity index is 2.16. The van der Waals surface area contributed by atoms with Crippen LogP contribution in [-0.4, -0.2) is 29.0 Å². The van der Waals surface area contributed by atoms with Crippen molar-refractivity contribution in [1.29, 1.82) is 0 Å². The van der Waals surface area contributed by atoms with E-state index in [0.29, 0.717) is 5.06 Å². The van der Waals surface area contributed by atoms with Crippen LogP contribution in [0.15, 0.2) is 24.3 Å². The molecule has 1 aromatic carbocycles. The first-order valence-corrected chi connectivity index (χ1v) is 5.47. The van der Waals surface area contributed by atoms with Crippen molar-refractivity contribution in [2.45, 2.75) is 19.9 Å². The molecule has 2 rings (SSSR count). The molecule has 0 bridgehead atoms. The number of carbonyl (C=O) groups is 3. The predicted molar refractivity (Wildman–Crippen MR) is 61.7 cm³/mol. The SMILES string of the molecule is CC(C)NC(=O)ON1C(=O)c2ccccc2C1=O. The van der Waals surface area contributed by atoms with Gasteiger partial charge in [0.15, 0.2) is 0 Å². The van der Waals surface area contributed by atoms with Gasteiger partial charge in [0, 0.05) is 6.04 Å². The highest BCUT2D eigenvalue weighted by atomic mass is 16.7. The Kier molecular flexibility index (Phi) is 3.01. The Bertz CT molecular complexity index is 490. The van der Waals surface area contributed by atoms with Gasteiger partial charge in [-0.3, -0.25) is 9.59 Å². The Morgan fingerprint density at radius 3 is 2.11 bits per heavy atom. The summed E-state index contributed by atoms with van der Waals surface area (Å²) in [5, 5.41) is 2.90. The summed E-state index contributed by atoms with van der Waals surface area (Å²) in [4.78, 5) is 39.7. The van der Waals surface area contributed by atoms with Gasteiger partial charge in [0.25, 0.3) is 11.8 Å². The summed E-state index contributed by atoms with van der Waals surface area (Å²) in [6.45, 7) is 3.48. The lowest BCUT2D eigenvalue weighted by Crippen LogP contribution is -2.39. The van der Waals surface area contributed by atoms with Crippen LogP contribution >= 0.6 is 0 Å². The highest BCUT2D eigenvalue weighted by Gasteiger charge is 2.38. The first-order valence-electron chi connectivity index (χ1n) is 5.47. The van der Waals surface area contributed by atoms with E-state index in [-0.39, 0.29) is 17.2 Å². The second-order valence-corrected chi connectivity index (χ2v) is 4.13. The number of hydrogen-bond acceptors (Lipinski definition) is 4. The van der Waals surface area contributed by atoms with E-state index in [1.807, 2.05) is 0 Å². The van der Waals surface area contributed by atoms with E-state index in [9.17, 15) is 14.4 Å². The normalized spacial score (nSPS) is 13.8. The Labute approximate surface area is 103 Å². The molecule has 1 heterocycles. The molecule has 0 radical (unpaired) electrons. The van der Waals surface area contributed by atoms with Gasteiger partial charge in [-0.05, 0) is 26.0 Å². The summed E-state index contributed by atoms with van der Waals surface area (Å²) in [5.74, 6) is -1.26. The monoisotopic (exact) mass is 248 g/mol. The topological polar surface area (TPSA) is 75.7 Å². The maximum absolute atomic E-state index is 11.8. The number of nitrogens with zero attached hydrogens (tertiary/aromatic N) is 1. The zero-order valence-corrected chi connectivity index (χ0v) is 9.97. The minimum Gasteiger partial charge on any atom is -0.317 e. The average Bonchev–Trinajstić information content (AvgIpc) is 2.54. The first-order chi connectivity index (χ1) is 8.50. The number of rotatable bonds is 2. The van der Waals surface area contributed by atoms with Crippen LogP contribution in [0.5, 0.6) is 0 Å². The largest absolute Gasteiger partial charge is 0.432 e. The van der Waals surface area contributed by atoms with Crippen molar-refractivity contribution < 1.29 is 19.2 Å². The summed E-state index contributed by atoms with van der Waals surface area (Å²) in [6.07, 6.45) is -0.834. The molecule has 0 saturated heterocycles. The van der Waals surface area contributed by atoms with Crippen LogP contribution < -0.4 is 5.32 Å². The maximum Gasteiger partial charge on any atom is 0.432 e. The van der Waals surface area contributed by atoms with E-state index < -0.39 is 17.9 Å². The minimum atomic E-state index is -0.834. The van der Waals surface area contributed by atoms with Crippen molar-refractivity contribution in [3.8, 4) is 0 Å². The number of benzene rings is 1. The van der Waals surface area contributed by atoms with Crippen LogP contribution in [-0.2, 0) is 4.84 Å². The first kappa shape index (κ1) is 12.1. The highest BCUT2D eigenvalue weighted by molar-refractivity contribution is 6.20. The van der Waals surface area contributed by atoms with Gasteiger partial charge in [-0.15, -0.1) is 0 Å². The molecule has 0 unspecified atom stereocenters. The Morgan fingerprint density at radius 1 is 1.17 bits per heavy atom. The van der Waals surface area contributed by atoms with E-state index in [0.717, 1.165) is 0 Å². The second-order valence-electron chi connectivity index (χ2n) is 4.13. The standard InChI is InChI=1S/C12H12N2O4/c1-7(2)13-12(17)18-14-10(15)8-5-3-4-6-9(8)11(14)16/h3-7H,1-2H3,(H,13,17). The molecule has 6 nitrogen and oxygen atoms in total. The molecular formula is C12H12N2O4. The molecule has 6 heteroatoms. The van der Waals surface area contributed by atoms with E-state index in [4.69, 9.17) is 4.84 Å². The van der Waals surface area contributed by atoms with Crippen LogP contribution in [0.2, 0.25) is 0 Å². The molecule has 0 atom stereocenters. The van der Waals surface area contributed by atoms with Crippen molar-refractivity contribution in [1.82, 2.24) is 10.4 Å². The Hall–Kier alpha value is -2.37. The van der Waals surface area contributed by atoms with Crippen molar-refractivity contribution >= 4 is 17.9 Å². The van der Waals surface area contributed by atoms with Crippen LogP contribution in [0.4, 0.5) is 4.79 Å². The zero-order chi connectivity index (χ0) is 13.3. The van der Waals surface area contributed by atoms with Crippen molar-refractivity contribution in [2.24, 2.45) is 0 Å². The molecule has 0 fully saturated rings. The van der Waals surface area contributed by atoms with E-state index in [2.05, 4.69) is 5.32 Å². The van der Waals surface area contributed by atoms with E-state index in [1.54, 1.807) is 26.0 Å².